The first-order chi connectivity index (χ1) is 6.32. The molecule has 5 heteroatoms. The van der Waals surface area contributed by atoms with Gasteiger partial charge in [-0.05, 0) is 18.2 Å². The van der Waals surface area contributed by atoms with Crippen LogP contribution in [0.1, 0.15) is 5.56 Å². The van der Waals surface area contributed by atoms with E-state index in [0.717, 1.165) is 6.26 Å². The van der Waals surface area contributed by atoms with Gasteiger partial charge in [0.1, 0.15) is 5.76 Å². The summed E-state index contributed by atoms with van der Waals surface area (Å²) in [6, 6.07) is 4.10. The summed E-state index contributed by atoms with van der Waals surface area (Å²) in [6.45, 7) is 3.30. The number of aliphatic hydroxyl groups excluding tert-OH is 1. The Labute approximate surface area is 82.6 Å². The topological polar surface area (TPSA) is 80.4 Å². The highest BCUT2D eigenvalue weighted by atomic mass is 32.2. The van der Waals surface area contributed by atoms with E-state index in [1.807, 2.05) is 0 Å². The minimum absolute atomic E-state index is 0.125. The van der Waals surface area contributed by atoms with Crippen LogP contribution in [0.15, 0.2) is 29.7 Å². The smallest absolute Gasteiger partial charge is 0.175 e. The van der Waals surface area contributed by atoms with Gasteiger partial charge in [-0.1, -0.05) is 6.58 Å². The highest BCUT2D eigenvalue weighted by Crippen LogP contribution is 2.21. The normalized spacial score (nSPS) is 11.2. The Bertz CT molecular complexity index is 477. The van der Waals surface area contributed by atoms with Crippen LogP contribution in [0, 0.1) is 0 Å². The number of aliphatic hydroxyl groups is 1. The van der Waals surface area contributed by atoms with Crippen molar-refractivity contribution in [1.82, 2.24) is 0 Å². The van der Waals surface area contributed by atoms with Crippen molar-refractivity contribution in [2.75, 3.05) is 12.0 Å². The number of nitrogen functional groups attached to an aromatic ring is 1. The summed E-state index contributed by atoms with van der Waals surface area (Å²) in [5.41, 5.74) is 6.07. The molecule has 0 radical (unpaired) electrons. The predicted octanol–water partition coefficient (Wildman–Crippen LogP) is 1.20. The molecule has 0 heterocycles. The number of rotatable bonds is 2. The quantitative estimate of drug-likeness (QED) is 0.571. The maximum atomic E-state index is 11.1. The van der Waals surface area contributed by atoms with Gasteiger partial charge in [0.2, 0.25) is 0 Å². The second kappa shape index (κ2) is 3.34. The number of nitrogens with two attached hydrogens (primary N) is 1. The van der Waals surface area contributed by atoms with Crippen molar-refractivity contribution in [3.63, 3.8) is 0 Å². The second-order valence-corrected chi connectivity index (χ2v) is 4.98. The molecule has 0 amide bonds. The van der Waals surface area contributed by atoms with Gasteiger partial charge in [-0.2, -0.15) is 0 Å². The second-order valence-electron chi connectivity index (χ2n) is 2.97. The summed E-state index contributed by atoms with van der Waals surface area (Å²) in [6.07, 6.45) is 1.09. The van der Waals surface area contributed by atoms with E-state index in [1.54, 1.807) is 0 Å². The van der Waals surface area contributed by atoms with Gasteiger partial charge in [0.05, 0.1) is 4.90 Å². The molecule has 0 aliphatic carbocycles. The zero-order valence-electron chi connectivity index (χ0n) is 7.69. The molecule has 0 aliphatic heterocycles. The monoisotopic (exact) mass is 213 g/mol. The van der Waals surface area contributed by atoms with Gasteiger partial charge in [-0.3, -0.25) is 0 Å². The molecular weight excluding hydrogens is 202 g/mol. The number of benzene rings is 1. The molecule has 1 rings (SSSR count). The van der Waals surface area contributed by atoms with E-state index in [9.17, 15) is 8.42 Å². The van der Waals surface area contributed by atoms with Crippen LogP contribution in [-0.4, -0.2) is 19.8 Å². The molecule has 0 saturated heterocycles. The maximum Gasteiger partial charge on any atom is 0.175 e. The van der Waals surface area contributed by atoms with E-state index in [4.69, 9.17) is 10.8 Å². The largest absolute Gasteiger partial charge is 0.508 e. The van der Waals surface area contributed by atoms with Crippen molar-refractivity contribution >= 4 is 21.3 Å². The summed E-state index contributed by atoms with van der Waals surface area (Å²) in [5, 5.41) is 9.07. The van der Waals surface area contributed by atoms with Crippen molar-refractivity contribution in [1.29, 1.82) is 0 Å². The fourth-order valence-corrected chi connectivity index (χ4v) is 1.69. The Morgan fingerprint density at radius 1 is 1.50 bits per heavy atom. The highest BCUT2D eigenvalue weighted by Gasteiger charge is 2.10. The van der Waals surface area contributed by atoms with Crippen molar-refractivity contribution in [3.05, 3.63) is 30.3 Å². The summed E-state index contributed by atoms with van der Waals surface area (Å²) in [5.74, 6) is -0.178. The molecule has 0 fully saturated rings. The molecule has 3 N–H and O–H groups in total. The third-order valence-corrected chi connectivity index (χ3v) is 2.87. The minimum Gasteiger partial charge on any atom is -0.508 e. The number of sulfone groups is 1. The van der Waals surface area contributed by atoms with Crippen molar-refractivity contribution in [2.24, 2.45) is 0 Å². The summed E-state index contributed by atoms with van der Waals surface area (Å²) in [4.78, 5) is 0.125. The molecular formula is C9H11NO3S. The van der Waals surface area contributed by atoms with Crippen LogP contribution >= 0.6 is 0 Å². The summed E-state index contributed by atoms with van der Waals surface area (Å²) >= 11 is 0. The average molecular weight is 213 g/mol. The van der Waals surface area contributed by atoms with E-state index >= 15 is 0 Å². The van der Waals surface area contributed by atoms with E-state index in [2.05, 4.69) is 6.58 Å². The van der Waals surface area contributed by atoms with Gasteiger partial charge < -0.3 is 10.8 Å². The Hall–Kier alpha value is -1.49. The molecule has 1 aromatic rings. The van der Waals surface area contributed by atoms with Crippen molar-refractivity contribution < 1.29 is 13.5 Å². The lowest BCUT2D eigenvalue weighted by Gasteiger charge is -2.05. The fraction of sp³-hybridized carbons (Fsp3) is 0.111. The van der Waals surface area contributed by atoms with Crippen LogP contribution in [0.5, 0.6) is 0 Å². The SMILES string of the molecule is C=C(O)c1ccc(S(C)(=O)=O)cc1N. The molecule has 0 unspecified atom stereocenters. The molecule has 76 valence electrons. The lowest BCUT2D eigenvalue weighted by molar-refractivity contribution is 0.514. The summed E-state index contributed by atoms with van der Waals surface area (Å²) in [7, 11) is -3.26. The number of hydrogen-bond acceptors (Lipinski definition) is 4. The molecule has 0 aromatic heterocycles. The van der Waals surface area contributed by atoms with Gasteiger partial charge in [0, 0.05) is 17.5 Å². The molecule has 1 aromatic carbocycles. The number of hydrogen-bond donors (Lipinski definition) is 2. The Balaban J connectivity index is 3.34. The lowest BCUT2D eigenvalue weighted by atomic mass is 10.1. The Morgan fingerprint density at radius 3 is 2.43 bits per heavy atom. The van der Waals surface area contributed by atoms with E-state index in [1.165, 1.54) is 18.2 Å². The van der Waals surface area contributed by atoms with Crippen molar-refractivity contribution in [2.45, 2.75) is 4.90 Å². The Morgan fingerprint density at radius 2 is 2.07 bits per heavy atom. The van der Waals surface area contributed by atoms with Crippen LogP contribution in [-0.2, 0) is 9.84 Å². The molecule has 0 saturated carbocycles. The van der Waals surface area contributed by atoms with Crippen molar-refractivity contribution in [3.8, 4) is 0 Å². The first-order valence-electron chi connectivity index (χ1n) is 3.80. The molecule has 0 atom stereocenters. The predicted molar refractivity (Wildman–Crippen MR) is 55.6 cm³/mol. The minimum atomic E-state index is -3.26. The van der Waals surface area contributed by atoms with Crippen LogP contribution in [0.2, 0.25) is 0 Å². The van der Waals surface area contributed by atoms with Crippen LogP contribution in [0.3, 0.4) is 0 Å². The molecule has 0 spiro atoms. The summed E-state index contributed by atoms with van der Waals surface area (Å²) < 4.78 is 22.3. The van der Waals surface area contributed by atoms with Gasteiger partial charge in [-0.25, -0.2) is 8.42 Å². The van der Waals surface area contributed by atoms with Gasteiger partial charge in [0.15, 0.2) is 9.84 Å². The average Bonchev–Trinajstić information content (AvgIpc) is 2.01. The van der Waals surface area contributed by atoms with E-state index in [-0.39, 0.29) is 16.3 Å². The third-order valence-electron chi connectivity index (χ3n) is 1.76. The molecule has 0 aliphatic rings. The van der Waals surface area contributed by atoms with E-state index in [0.29, 0.717) is 5.56 Å². The van der Waals surface area contributed by atoms with Crippen LogP contribution < -0.4 is 5.73 Å². The molecule has 14 heavy (non-hydrogen) atoms. The van der Waals surface area contributed by atoms with Gasteiger partial charge in [-0.15, -0.1) is 0 Å². The molecule has 0 bridgehead atoms. The first kappa shape index (κ1) is 10.6. The fourth-order valence-electron chi connectivity index (χ4n) is 1.03. The highest BCUT2D eigenvalue weighted by molar-refractivity contribution is 7.90. The lowest BCUT2D eigenvalue weighted by Crippen LogP contribution is -2.00. The van der Waals surface area contributed by atoms with Gasteiger partial charge >= 0.3 is 0 Å². The van der Waals surface area contributed by atoms with E-state index < -0.39 is 9.84 Å². The first-order valence-corrected chi connectivity index (χ1v) is 5.69. The molecule has 4 nitrogen and oxygen atoms in total. The third kappa shape index (κ3) is 2.05. The zero-order valence-corrected chi connectivity index (χ0v) is 8.50. The maximum absolute atomic E-state index is 11.1. The zero-order chi connectivity index (χ0) is 10.9. The standard InChI is InChI=1S/C9H11NO3S/c1-6(11)8-4-3-7(5-9(8)10)14(2,12)13/h3-5,11H,1,10H2,2H3. The number of anilines is 1. The van der Waals surface area contributed by atoms with Crippen LogP contribution in [0.4, 0.5) is 5.69 Å². The Kier molecular flexibility index (Phi) is 2.53. The van der Waals surface area contributed by atoms with Gasteiger partial charge in [0.25, 0.3) is 0 Å². The van der Waals surface area contributed by atoms with Crippen LogP contribution in [0.25, 0.3) is 5.76 Å².